The van der Waals surface area contributed by atoms with E-state index in [4.69, 9.17) is 10.6 Å². The van der Waals surface area contributed by atoms with Gasteiger partial charge in [0.15, 0.2) is 0 Å². The molecule has 4 heteroatoms. The van der Waals surface area contributed by atoms with Gasteiger partial charge < -0.3 is 15.7 Å². The van der Waals surface area contributed by atoms with Crippen molar-refractivity contribution >= 4 is 0 Å². The van der Waals surface area contributed by atoms with Crippen molar-refractivity contribution in [3.63, 3.8) is 0 Å². The van der Waals surface area contributed by atoms with E-state index in [1.807, 2.05) is 0 Å². The fourth-order valence-electron chi connectivity index (χ4n) is 4.92. The Morgan fingerprint density at radius 2 is 2.08 bits per heavy atom. The van der Waals surface area contributed by atoms with Crippen molar-refractivity contribution in [3.8, 4) is 0 Å². The first-order valence-corrected chi connectivity index (χ1v) is 9.43. The van der Waals surface area contributed by atoms with Gasteiger partial charge in [-0.05, 0) is 67.4 Å². The molecule has 0 bridgehead atoms. The number of aliphatic hydroxyl groups excluding tert-OH is 1. The lowest BCUT2D eigenvalue weighted by molar-refractivity contribution is 0.000629. The predicted molar refractivity (Wildman–Crippen MR) is 96.4 cm³/mol. The van der Waals surface area contributed by atoms with Gasteiger partial charge in [-0.1, -0.05) is 37.3 Å². The van der Waals surface area contributed by atoms with Crippen molar-refractivity contribution in [2.75, 3.05) is 19.7 Å². The Hall–Kier alpha value is -0.940. The van der Waals surface area contributed by atoms with Gasteiger partial charge in [0.25, 0.3) is 0 Å². The number of aliphatic hydroxyl groups is 1. The molecule has 0 radical (unpaired) electrons. The van der Waals surface area contributed by atoms with E-state index in [1.54, 1.807) is 0 Å². The molecule has 1 unspecified atom stereocenters. The second kappa shape index (κ2) is 7.96. The van der Waals surface area contributed by atoms with Crippen LogP contribution in [0.5, 0.6) is 0 Å². The molecule has 0 aliphatic heterocycles. The van der Waals surface area contributed by atoms with Crippen LogP contribution in [0.1, 0.15) is 50.5 Å². The van der Waals surface area contributed by atoms with Crippen LogP contribution in [0.25, 0.3) is 0 Å². The summed E-state index contributed by atoms with van der Waals surface area (Å²) in [6, 6.07) is 10.8. The Balaban J connectivity index is 1.59. The van der Waals surface area contributed by atoms with Crippen LogP contribution in [-0.2, 0) is 4.84 Å². The van der Waals surface area contributed by atoms with Crippen LogP contribution < -0.4 is 11.2 Å². The van der Waals surface area contributed by atoms with Gasteiger partial charge in [-0.25, -0.2) is 5.48 Å². The molecule has 2 fully saturated rings. The highest BCUT2D eigenvalue weighted by Gasteiger charge is 2.53. The molecule has 5 atom stereocenters. The van der Waals surface area contributed by atoms with Crippen LogP contribution in [-0.4, -0.2) is 30.9 Å². The van der Waals surface area contributed by atoms with E-state index in [2.05, 4.69) is 42.7 Å². The van der Waals surface area contributed by atoms with E-state index in [9.17, 15) is 5.11 Å². The summed E-state index contributed by atoms with van der Waals surface area (Å²) in [5.41, 5.74) is 10.2. The SMILES string of the molecule is C[C@]12CC[C@H](c3ccccc3)C[C@@H]1C(O)C[C@@H]2CNOCCCN. The molecular formula is C20H32N2O2. The smallest absolute Gasteiger partial charge is 0.0694 e. The van der Waals surface area contributed by atoms with Gasteiger partial charge in [0.1, 0.15) is 0 Å². The Morgan fingerprint density at radius 1 is 1.29 bits per heavy atom. The minimum Gasteiger partial charge on any atom is -0.393 e. The number of nitrogens with one attached hydrogen (secondary N) is 1. The van der Waals surface area contributed by atoms with Gasteiger partial charge in [-0.2, -0.15) is 0 Å². The van der Waals surface area contributed by atoms with E-state index in [0.29, 0.717) is 30.9 Å². The quantitative estimate of drug-likeness (QED) is 0.530. The zero-order valence-corrected chi connectivity index (χ0v) is 14.8. The number of hydrogen-bond donors (Lipinski definition) is 3. The van der Waals surface area contributed by atoms with Crippen molar-refractivity contribution in [2.45, 2.75) is 51.0 Å². The Labute approximate surface area is 145 Å². The topological polar surface area (TPSA) is 67.5 Å². The summed E-state index contributed by atoms with van der Waals surface area (Å²) in [6.07, 6.45) is 5.08. The Kier molecular flexibility index (Phi) is 5.93. The second-order valence-electron chi connectivity index (χ2n) is 7.83. The van der Waals surface area contributed by atoms with Crippen molar-refractivity contribution in [3.05, 3.63) is 35.9 Å². The summed E-state index contributed by atoms with van der Waals surface area (Å²) >= 11 is 0. The summed E-state index contributed by atoms with van der Waals surface area (Å²) in [4.78, 5) is 5.47. The Bertz CT molecular complexity index is 510. The van der Waals surface area contributed by atoms with Crippen molar-refractivity contribution in [2.24, 2.45) is 23.0 Å². The van der Waals surface area contributed by atoms with E-state index in [1.165, 1.54) is 18.4 Å². The molecule has 24 heavy (non-hydrogen) atoms. The molecule has 0 spiro atoms. The average Bonchev–Trinajstić information content (AvgIpc) is 2.86. The highest BCUT2D eigenvalue weighted by atomic mass is 16.6. The number of rotatable bonds is 7. The van der Waals surface area contributed by atoms with Gasteiger partial charge in [0.05, 0.1) is 12.7 Å². The number of nitrogens with two attached hydrogens (primary N) is 1. The minimum atomic E-state index is -0.183. The number of hydrogen-bond acceptors (Lipinski definition) is 4. The van der Waals surface area contributed by atoms with Crippen molar-refractivity contribution < 1.29 is 9.94 Å². The number of hydroxylamine groups is 1. The summed E-state index contributed by atoms with van der Waals surface area (Å²) < 4.78 is 0. The van der Waals surface area contributed by atoms with Crippen LogP contribution >= 0.6 is 0 Å². The van der Waals surface area contributed by atoms with Crippen LogP contribution in [0.3, 0.4) is 0 Å². The fraction of sp³-hybridized carbons (Fsp3) is 0.700. The summed E-state index contributed by atoms with van der Waals surface area (Å²) in [6.45, 7) is 4.51. The number of fused-ring (bicyclic) bond motifs is 1. The first-order chi connectivity index (χ1) is 11.6. The van der Waals surface area contributed by atoms with Crippen molar-refractivity contribution in [1.29, 1.82) is 0 Å². The van der Waals surface area contributed by atoms with Crippen molar-refractivity contribution in [1.82, 2.24) is 5.48 Å². The van der Waals surface area contributed by atoms with Crippen LogP contribution in [0.4, 0.5) is 0 Å². The molecule has 1 aromatic carbocycles. The van der Waals surface area contributed by atoms with Gasteiger partial charge in [0, 0.05) is 6.54 Å². The molecule has 0 amide bonds. The van der Waals surface area contributed by atoms with Crippen LogP contribution in [0.2, 0.25) is 0 Å². The zero-order chi connectivity index (χ0) is 17.0. The molecule has 0 aromatic heterocycles. The van der Waals surface area contributed by atoms with E-state index in [-0.39, 0.29) is 11.5 Å². The molecule has 0 saturated heterocycles. The summed E-state index contributed by atoms with van der Waals surface area (Å²) in [5, 5.41) is 10.7. The fourth-order valence-corrected chi connectivity index (χ4v) is 4.92. The van der Waals surface area contributed by atoms with Gasteiger partial charge >= 0.3 is 0 Å². The largest absolute Gasteiger partial charge is 0.393 e. The third-order valence-corrected chi connectivity index (χ3v) is 6.49. The lowest BCUT2D eigenvalue weighted by Gasteiger charge is -2.44. The average molecular weight is 332 g/mol. The molecule has 2 aliphatic carbocycles. The van der Waals surface area contributed by atoms with Crippen LogP contribution in [0, 0.1) is 17.3 Å². The van der Waals surface area contributed by atoms with E-state index in [0.717, 1.165) is 25.8 Å². The molecule has 4 nitrogen and oxygen atoms in total. The molecule has 0 heterocycles. The van der Waals surface area contributed by atoms with Gasteiger partial charge in [0.2, 0.25) is 0 Å². The molecule has 4 N–H and O–H groups in total. The molecular weight excluding hydrogens is 300 g/mol. The molecule has 134 valence electrons. The lowest BCUT2D eigenvalue weighted by Crippen LogP contribution is -2.40. The lowest BCUT2D eigenvalue weighted by atomic mass is 9.61. The maximum atomic E-state index is 10.7. The van der Waals surface area contributed by atoms with Crippen LogP contribution in [0.15, 0.2) is 30.3 Å². The predicted octanol–water partition coefficient (Wildman–Crippen LogP) is 2.83. The van der Waals surface area contributed by atoms with Gasteiger partial charge in [-0.3, -0.25) is 0 Å². The Morgan fingerprint density at radius 3 is 2.83 bits per heavy atom. The summed E-state index contributed by atoms with van der Waals surface area (Å²) in [5.74, 6) is 1.46. The first-order valence-electron chi connectivity index (χ1n) is 9.43. The first kappa shape index (κ1) is 17.9. The minimum absolute atomic E-state index is 0.183. The third-order valence-electron chi connectivity index (χ3n) is 6.49. The van der Waals surface area contributed by atoms with Gasteiger partial charge in [-0.15, -0.1) is 0 Å². The summed E-state index contributed by atoms with van der Waals surface area (Å²) in [7, 11) is 0. The number of benzene rings is 1. The highest BCUT2D eigenvalue weighted by Crippen LogP contribution is 2.58. The third kappa shape index (κ3) is 3.67. The normalized spacial score (nSPS) is 35.8. The van der Waals surface area contributed by atoms with E-state index < -0.39 is 0 Å². The van der Waals surface area contributed by atoms with E-state index >= 15 is 0 Å². The highest BCUT2D eigenvalue weighted by molar-refractivity contribution is 5.21. The maximum absolute atomic E-state index is 10.7. The second-order valence-corrected chi connectivity index (χ2v) is 7.83. The molecule has 2 saturated carbocycles. The maximum Gasteiger partial charge on any atom is 0.0694 e. The standard InChI is InChI=1S/C20H32N2O2/c1-20-9-8-16(15-6-3-2-4-7-15)12-18(20)19(23)13-17(20)14-22-24-11-5-10-21/h2-4,6-7,16-19,22-23H,5,8-14,21H2,1H3/t16-,17+,18+,19?,20+/m0/s1. The molecule has 1 aromatic rings. The zero-order valence-electron chi connectivity index (χ0n) is 14.8. The monoisotopic (exact) mass is 332 g/mol. The molecule has 3 rings (SSSR count). The molecule has 2 aliphatic rings.